The fraction of sp³-hybridized carbons (Fsp3) is 0.765. The lowest BCUT2D eigenvalue weighted by atomic mass is 9.65. The molecule has 0 unspecified atom stereocenters. The summed E-state index contributed by atoms with van der Waals surface area (Å²) in [5.74, 6) is 0.324. The molecular formula is C17H24N4O4S. The van der Waals surface area contributed by atoms with E-state index in [9.17, 15) is 9.59 Å². The Hall–Kier alpha value is -1.58. The van der Waals surface area contributed by atoms with Gasteiger partial charge in [-0.1, -0.05) is 4.49 Å². The number of amides is 2. The van der Waals surface area contributed by atoms with E-state index in [4.69, 9.17) is 9.47 Å². The molecule has 3 aliphatic rings. The highest BCUT2D eigenvalue weighted by Gasteiger charge is 2.55. The van der Waals surface area contributed by atoms with Gasteiger partial charge in [-0.3, -0.25) is 9.59 Å². The van der Waals surface area contributed by atoms with E-state index in [1.165, 1.54) is 11.5 Å². The lowest BCUT2D eigenvalue weighted by Crippen LogP contribution is -2.66. The number of rotatable bonds is 4. The van der Waals surface area contributed by atoms with Gasteiger partial charge in [-0.15, -0.1) is 5.10 Å². The van der Waals surface area contributed by atoms with Crippen LogP contribution < -0.4 is 0 Å². The quantitative estimate of drug-likeness (QED) is 0.757. The largest absolute Gasteiger partial charge is 0.384 e. The van der Waals surface area contributed by atoms with E-state index in [-0.39, 0.29) is 23.1 Å². The Kier molecular flexibility index (Phi) is 4.94. The second-order valence-electron chi connectivity index (χ2n) is 7.59. The second kappa shape index (κ2) is 7.21. The van der Waals surface area contributed by atoms with E-state index in [0.29, 0.717) is 44.5 Å². The third kappa shape index (κ3) is 3.12. The molecule has 0 aliphatic carbocycles. The molecule has 9 heteroatoms. The summed E-state index contributed by atoms with van der Waals surface area (Å²) < 4.78 is 14.6. The van der Waals surface area contributed by atoms with Crippen molar-refractivity contribution in [3.63, 3.8) is 0 Å². The topological polar surface area (TPSA) is 84.9 Å². The minimum absolute atomic E-state index is 0.0941. The zero-order valence-corrected chi connectivity index (χ0v) is 15.7. The third-order valence-corrected chi connectivity index (χ3v) is 6.45. The summed E-state index contributed by atoms with van der Waals surface area (Å²) in [6.45, 7) is 4.52. The van der Waals surface area contributed by atoms with Gasteiger partial charge in [0.25, 0.3) is 5.91 Å². The summed E-state index contributed by atoms with van der Waals surface area (Å²) in [6, 6.07) is 0. The van der Waals surface area contributed by atoms with E-state index in [1.807, 2.05) is 4.90 Å². The summed E-state index contributed by atoms with van der Waals surface area (Å²) in [7, 11) is 1.70. The Morgan fingerprint density at radius 1 is 1.42 bits per heavy atom. The lowest BCUT2D eigenvalue weighted by Gasteiger charge is -2.55. The number of ether oxygens (including phenoxy) is 2. The van der Waals surface area contributed by atoms with Crippen LogP contribution in [0, 0.1) is 17.3 Å². The molecule has 1 aromatic rings. The van der Waals surface area contributed by atoms with Gasteiger partial charge in [-0.2, -0.15) is 0 Å². The van der Waals surface area contributed by atoms with E-state index in [2.05, 4.69) is 9.59 Å². The number of hydrogen-bond donors (Lipinski definition) is 0. The molecule has 8 nitrogen and oxygen atoms in total. The Labute approximate surface area is 156 Å². The molecule has 142 valence electrons. The Balaban J connectivity index is 1.41. The molecule has 0 N–H and O–H groups in total. The van der Waals surface area contributed by atoms with Crippen molar-refractivity contribution in [2.75, 3.05) is 53.1 Å². The minimum atomic E-state index is -0.171. The van der Waals surface area contributed by atoms with Crippen LogP contribution in [0.3, 0.4) is 0 Å². The molecular weight excluding hydrogens is 356 g/mol. The molecule has 1 spiro atoms. The van der Waals surface area contributed by atoms with Gasteiger partial charge in [0.1, 0.15) is 0 Å². The van der Waals surface area contributed by atoms with Crippen LogP contribution in [0.2, 0.25) is 0 Å². The highest BCUT2D eigenvalue weighted by atomic mass is 32.1. The summed E-state index contributed by atoms with van der Waals surface area (Å²) in [6.07, 6.45) is 1.80. The van der Waals surface area contributed by atoms with Crippen molar-refractivity contribution in [1.82, 2.24) is 19.4 Å². The summed E-state index contributed by atoms with van der Waals surface area (Å²) in [5.41, 5.74) is 0.232. The van der Waals surface area contributed by atoms with Gasteiger partial charge in [0, 0.05) is 56.6 Å². The predicted molar refractivity (Wildman–Crippen MR) is 93.7 cm³/mol. The maximum absolute atomic E-state index is 13.1. The molecule has 1 aromatic heterocycles. The Morgan fingerprint density at radius 2 is 2.27 bits per heavy atom. The molecule has 4 rings (SSSR count). The SMILES string of the molecule is COC[C@@H]1CCN(C(=O)[C@@H]2COCCC23CN(C(=O)c2csnn2)C3)C1. The fourth-order valence-corrected chi connectivity index (χ4v) is 4.87. The lowest BCUT2D eigenvalue weighted by molar-refractivity contribution is -0.161. The van der Waals surface area contributed by atoms with Gasteiger partial charge >= 0.3 is 0 Å². The van der Waals surface area contributed by atoms with E-state index in [1.54, 1.807) is 17.4 Å². The zero-order valence-electron chi connectivity index (χ0n) is 14.9. The van der Waals surface area contributed by atoms with Crippen LogP contribution in [-0.4, -0.2) is 84.3 Å². The highest BCUT2D eigenvalue weighted by molar-refractivity contribution is 7.03. The van der Waals surface area contributed by atoms with Crippen LogP contribution in [0.4, 0.5) is 0 Å². The molecule has 4 heterocycles. The molecule has 0 bridgehead atoms. The van der Waals surface area contributed by atoms with Crippen molar-refractivity contribution >= 4 is 23.3 Å². The van der Waals surface area contributed by atoms with Crippen LogP contribution in [0.1, 0.15) is 23.3 Å². The van der Waals surface area contributed by atoms with Gasteiger partial charge in [-0.05, 0) is 24.4 Å². The van der Waals surface area contributed by atoms with Crippen molar-refractivity contribution < 1.29 is 19.1 Å². The van der Waals surface area contributed by atoms with Gasteiger partial charge in [-0.25, -0.2) is 0 Å². The smallest absolute Gasteiger partial charge is 0.275 e. The molecule has 3 aliphatic heterocycles. The number of hydrogen-bond acceptors (Lipinski definition) is 7. The summed E-state index contributed by atoms with van der Waals surface area (Å²) >= 11 is 1.17. The molecule has 3 saturated heterocycles. The Bertz CT molecular complexity index is 662. The van der Waals surface area contributed by atoms with Gasteiger partial charge in [0.05, 0.1) is 19.1 Å². The average molecular weight is 380 g/mol. The van der Waals surface area contributed by atoms with Crippen LogP contribution in [0.15, 0.2) is 5.38 Å². The monoisotopic (exact) mass is 380 g/mol. The molecule has 0 aromatic carbocycles. The first-order valence-electron chi connectivity index (χ1n) is 9.05. The van der Waals surface area contributed by atoms with Crippen LogP contribution >= 0.6 is 11.5 Å². The standard InChI is InChI=1S/C17H24N4O4S/c1-24-7-12-2-4-20(6-12)15(22)13-8-25-5-3-17(13)10-21(11-17)16(23)14-9-26-19-18-14/h9,12-13H,2-8,10-11H2,1H3/t12-,13+/m1/s1. The number of aromatic nitrogens is 2. The van der Waals surface area contributed by atoms with Gasteiger partial charge in [0.15, 0.2) is 5.69 Å². The maximum Gasteiger partial charge on any atom is 0.275 e. The molecule has 2 amide bonds. The average Bonchev–Trinajstić information content (AvgIpc) is 3.30. The van der Waals surface area contributed by atoms with Crippen molar-refractivity contribution in [2.24, 2.45) is 17.3 Å². The summed E-state index contributed by atoms with van der Waals surface area (Å²) in [4.78, 5) is 29.3. The van der Waals surface area contributed by atoms with E-state index in [0.717, 1.165) is 25.9 Å². The van der Waals surface area contributed by atoms with Gasteiger partial charge in [0.2, 0.25) is 5.91 Å². The first-order chi connectivity index (χ1) is 12.6. The third-order valence-electron chi connectivity index (χ3n) is 5.94. The summed E-state index contributed by atoms with van der Waals surface area (Å²) in [5, 5.41) is 5.53. The second-order valence-corrected chi connectivity index (χ2v) is 8.20. The Morgan fingerprint density at radius 3 is 3.00 bits per heavy atom. The number of carbonyl (C=O) groups excluding carboxylic acids is 2. The van der Waals surface area contributed by atoms with Crippen LogP contribution in [-0.2, 0) is 14.3 Å². The molecule has 0 saturated carbocycles. The molecule has 26 heavy (non-hydrogen) atoms. The van der Waals surface area contributed by atoms with Crippen LogP contribution in [0.5, 0.6) is 0 Å². The minimum Gasteiger partial charge on any atom is -0.384 e. The number of nitrogens with zero attached hydrogens (tertiary/aromatic N) is 4. The normalized spacial score (nSPS) is 27.6. The van der Waals surface area contributed by atoms with Crippen molar-refractivity contribution in [3.05, 3.63) is 11.1 Å². The van der Waals surface area contributed by atoms with E-state index < -0.39 is 0 Å². The number of carbonyl (C=O) groups is 2. The first kappa shape index (κ1) is 17.8. The zero-order chi connectivity index (χ0) is 18.1. The predicted octanol–water partition coefficient (Wildman–Crippen LogP) is 0.512. The highest BCUT2D eigenvalue weighted by Crippen LogP contribution is 2.45. The van der Waals surface area contributed by atoms with E-state index >= 15 is 0 Å². The molecule has 2 atom stereocenters. The first-order valence-corrected chi connectivity index (χ1v) is 9.88. The van der Waals surface area contributed by atoms with Crippen LogP contribution in [0.25, 0.3) is 0 Å². The maximum atomic E-state index is 13.1. The molecule has 3 fully saturated rings. The fourth-order valence-electron chi connectivity index (χ4n) is 4.44. The van der Waals surface area contributed by atoms with Crippen molar-refractivity contribution in [1.29, 1.82) is 0 Å². The van der Waals surface area contributed by atoms with Crippen molar-refractivity contribution in [3.8, 4) is 0 Å². The van der Waals surface area contributed by atoms with Crippen molar-refractivity contribution in [2.45, 2.75) is 12.8 Å². The van der Waals surface area contributed by atoms with Gasteiger partial charge < -0.3 is 19.3 Å². The number of likely N-dealkylation sites (tertiary alicyclic amines) is 2. The molecule has 0 radical (unpaired) electrons. The number of methoxy groups -OCH3 is 1.